The standard InChI is InChI=1S/C21H14F2N4O/c22-14-10-15(23)12-17(11-14)25-21(28)13-4-6-19-18(9-13)20(27-26-19)7-5-16-3-1-2-8-24-16/h1-12H,(H,25,28)(H,26,27)/b7-5+. The highest BCUT2D eigenvalue weighted by atomic mass is 19.1. The molecule has 0 aliphatic heterocycles. The molecule has 4 aromatic rings. The number of H-pyrrole nitrogens is 1. The number of carbonyl (C=O) groups is 1. The van der Waals surface area contributed by atoms with Gasteiger partial charge in [-0.15, -0.1) is 0 Å². The van der Waals surface area contributed by atoms with Gasteiger partial charge in [-0.1, -0.05) is 6.07 Å². The largest absolute Gasteiger partial charge is 0.322 e. The number of pyridine rings is 1. The van der Waals surface area contributed by atoms with Gasteiger partial charge < -0.3 is 5.32 Å². The highest BCUT2D eigenvalue weighted by molar-refractivity contribution is 6.07. The van der Waals surface area contributed by atoms with Crippen molar-refractivity contribution in [1.29, 1.82) is 0 Å². The Morgan fingerprint density at radius 3 is 2.57 bits per heavy atom. The first-order valence-corrected chi connectivity index (χ1v) is 8.43. The minimum atomic E-state index is -0.762. The molecule has 0 fully saturated rings. The molecule has 0 bridgehead atoms. The van der Waals surface area contributed by atoms with Gasteiger partial charge in [-0.05, 0) is 54.6 Å². The van der Waals surface area contributed by atoms with E-state index in [1.165, 1.54) is 0 Å². The Labute approximate surface area is 158 Å². The molecule has 2 heterocycles. The summed E-state index contributed by atoms with van der Waals surface area (Å²) in [4.78, 5) is 16.7. The van der Waals surface area contributed by atoms with Crippen molar-refractivity contribution in [2.75, 3.05) is 5.32 Å². The summed E-state index contributed by atoms with van der Waals surface area (Å²) in [6, 6.07) is 13.4. The Morgan fingerprint density at radius 2 is 1.82 bits per heavy atom. The maximum atomic E-state index is 13.3. The fourth-order valence-corrected chi connectivity index (χ4v) is 2.77. The van der Waals surface area contributed by atoms with E-state index in [0.29, 0.717) is 11.3 Å². The van der Waals surface area contributed by atoms with E-state index in [1.54, 1.807) is 30.5 Å². The van der Waals surface area contributed by atoms with Crippen LogP contribution in [-0.4, -0.2) is 21.1 Å². The van der Waals surface area contributed by atoms with Crippen LogP contribution in [0.1, 0.15) is 21.7 Å². The minimum absolute atomic E-state index is 0.0464. The monoisotopic (exact) mass is 376 g/mol. The van der Waals surface area contributed by atoms with E-state index in [1.807, 2.05) is 24.3 Å². The number of amides is 1. The van der Waals surface area contributed by atoms with Gasteiger partial charge >= 0.3 is 0 Å². The molecule has 138 valence electrons. The quantitative estimate of drug-likeness (QED) is 0.544. The molecule has 0 saturated heterocycles. The van der Waals surface area contributed by atoms with Crippen LogP contribution >= 0.6 is 0 Å². The molecule has 7 heteroatoms. The van der Waals surface area contributed by atoms with Gasteiger partial charge in [0.15, 0.2) is 0 Å². The number of anilines is 1. The van der Waals surface area contributed by atoms with Crippen molar-refractivity contribution in [2.45, 2.75) is 0 Å². The van der Waals surface area contributed by atoms with Crippen LogP contribution in [0.15, 0.2) is 60.8 Å². The molecule has 2 N–H and O–H groups in total. The molecule has 28 heavy (non-hydrogen) atoms. The number of fused-ring (bicyclic) bond motifs is 1. The maximum Gasteiger partial charge on any atom is 0.255 e. The van der Waals surface area contributed by atoms with E-state index < -0.39 is 17.5 Å². The molecule has 0 aliphatic carbocycles. The lowest BCUT2D eigenvalue weighted by Gasteiger charge is -2.06. The van der Waals surface area contributed by atoms with E-state index in [-0.39, 0.29) is 5.69 Å². The van der Waals surface area contributed by atoms with Gasteiger partial charge in [-0.25, -0.2) is 8.78 Å². The summed E-state index contributed by atoms with van der Waals surface area (Å²) < 4.78 is 26.6. The molecule has 5 nitrogen and oxygen atoms in total. The van der Waals surface area contributed by atoms with Gasteiger partial charge in [0, 0.05) is 28.9 Å². The number of aromatic nitrogens is 3. The smallest absolute Gasteiger partial charge is 0.255 e. The van der Waals surface area contributed by atoms with Gasteiger partial charge in [0.05, 0.1) is 16.9 Å². The fourth-order valence-electron chi connectivity index (χ4n) is 2.77. The van der Waals surface area contributed by atoms with Crippen LogP contribution in [0.3, 0.4) is 0 Å². The molecule has 0 atom stereocenters. The van der Waals surface area contributed by atoms with Crippen molar-refractivity contribution in [1.82, 2.24) is 15.2 Å². The number of benzene rings is 2. The topological polar surface area (TPSA) is 70.7 Å². The molecule has 4 rings (SSSR count). The second-order valence-corrected chi connectivity index (χ2v) is 6.07. The number of halogens is 2. The summed E-state index contributed by atoms with van der Waals surface area (Å²) in [7, 11) is 0. The lowest BCUT2D eigenvalue weighted by molar-refractivity contribution is 0.102. The van der Waals surface area contributed by atoms with Crippen molar-refractivity contribution >= 4 is 34.6 Å². The summed E-state index contributed by atoms with van der Waals surface area (Å²) in [5.74, 6) is -2.00. The highest BCUT2D eigenvalue weighted by Crippen LogP contribution is 2.21. The minimum Gasteiger partial charge on any atom is -0.322 e. The summed E-state index contributed by atoms with van der Waals surface area (Å²) in [5.41, 5.74) is 2.57. The van der Waals surface area contributed by atoms with Gasteiger partial charge in [0.25, 0.3) is 5.91 Å². The summed E-state index contributed by atoms with van der Waals surface area (Å²) in [6.45, 7) is 0. The normalized spacial score (nSPS) is 11.2. The average molecular weight is 376 g/mol. The van der Waals surface area contributed by atoms with Crippen molar-refractivity contribution in [3.05, 3.63) is 89.4 Å². The van der Waals surface area contributed by atoms with Gasteiger partial charge in [0.2, 0.25) is 0 Å². The Kier molecular flexibility index (Phi) is 4.63. The maximum absolute atomic E-state index is 13.3. The molecule has 0 radical (unpaired) electrons. The zero-order chi connectivity index (χ0) is 19.5. The third-order valence-corrected chi connectivity index (χ3v) is 4.07. The number of nitrogens with one attached hydrogen (secondary N) is 2. The van der Waals surface area contributed by atoms with Gasteiger partial charge in [-0.2, -0.15) is 5.10 Å². The molecule has 2 aromatic heterocycles. The number of carbonyl (C=O) groups excluding carboxylic acids is 1. The molecular weight excluding hydrogens is 362 g/mol. The van der Waals surface area contributed by atoms with Crippen LogP contribution in [0.2, 0.25) is 0 Å². The number of nitrogens with zero attached hydrogens (tertiary/aromatic N) is 2. The van der Waals surface area contributed by atoms with Gasteiger partial charge in [0.1, 0.15) is 11.6 Å². The Bertz CT molecular complexity index is 1170. The Morgan fingerprint density at radius 1 is 1.00 bits per heavy atom. The molecule has 1 amide bonds. The fraction of sp³-hybridized carbons (Fsp3) is 0. The average Bonchev–Trinajstić information content (AvgIpc) is 3.08. The van der Waals surface area contributed by atoms with E-state index >= 15 is 0 Å². The predicted octanol–water partition coefficient (Wildman–Crippen LogP) is 4.66. The lowest BCUT2D eigenvalue weighted by atomic mass is 10.1. The number of hydrogen-bond donors (Lipinski definition) is 2. The predicted molar refractivity (Wildman–Crippen MR) is 104 cm³/mol. The van der Waals surface area contributed by atoms with Crippen molar-refractivity contribution < 1.29 is 13.6 Å². The zero-order valence-corrected chi connectivity index (χ0v) is 14.5. The van der Waals surface area contributed by atoms with Crippen LogP contribution < -0.4 is 5.32 Å². The zero-order valence-electron chi connectivity index (χ0n) is 14.5. The highest BCUT2D eigenvalue weighted by Gasteiger charge is 2.11. The molecule has 0 aliphatic rings. The molecule has 0 saturated carbocycles. The molecular formula is C21H14F2N4O. The van der Waals surface area contributed by atoms with Crippen molar-refractivity contribution in [2.24, 2.45) is 0 Å². The Balaban J connectivity index is 1.61. The van der Waals surface area contributed by atoms with E-state index in [2.05, 4.69) is 20.5 Å². The number of hydrogen-bond acceptors (Lipinski definition) is 3. The van der Waals surface area contributed by atoms with E-state index in [0.717, 1.165) is 34.8 Å². The molecule has 0 spiro atoms. The number of aromatic amines is 1. The van der Waals surface area contributed by atoms with Crippen LogP contribution in [0.25, 0.3) is 23.1 Å². The van der Waals surface area contributed by atoms with Gasteiger partial charge in [-0.3, -0.25) is 14.9 Å². The first-order valence-electron chi connectivity index (χ1n) is 8.43. The van der Waals surface area contributed by atoms with Crippen LogP contribution in [0, 0.1) is 11.6 Å². The summed E-state index contributed by atoms with van der Waals surface area (Å²) in [6.07, 6.45) is 5.31. The second kappa shape index (κ2) is 7.40. The van der Waals surface area contributed by atoms with Crippen molar-refractivity contribution in [3.8, 4) is 0 Å². The van der Waals surface area contributed by atoms with Crippen LogP contribution in [0.5, 0.6) is 0 Å². The second-order valence-electron chi connectivity index (χ2n) is 6.07. The Hall–Kier alpha value is -3.87. The first kappa shape index (κ1) is 17.5. The molecule has 2 aromatic carbocycles. The summed E-state index contributed by atoms with van der Waals surface area (Å²) in [5, 5.41) is 10.4. The van der Waals surface area contributed by atoms with Crippen LogP contribution in [-0.2, 0) is 0 Å². The first-order chi connectivity index (χ1) is 13.6. The van der Waals surface area contributed by atoms with Crippen LogP contribution in [0.4, 0.5) is 14.5 Å². The third kappa shape index (κ3) is 3.78. The molecule has 0 unspecified atom stereocenters. The van der Waals surface area contributed by atoms with E-state index in [4.69, 9.17) is 0 Å². The van der Waals surface area contributed by atoms with Crippen molar-refractivity contribution in [3.63, 3.8) is 0 Å². The number of rotatable bonds is 4. The summed E-state index contributed by atoms with van der Waals surface area (Å²) >= 11 is 0. The lowest BCUT2D eigenvalue weighted by Crippen LogP contribution is -2.12. The van der Waals surface area contributed by atoms with E-state index in [9.17, 15) is 13.6 Å². The third-order valence-electron chi connectivity index (χ3n) is 4.07. The SMILES string of the molecule is O=C(Nc1cc(F)cc(F)c1)c1ccc2[nH]nc(/C=C/c3ccccn3)c2c1.